The highest BCUT2D eigenvalue weighted by molar-refractivity contribution is 6.99. The van der Waals surface area contributed by atoms with E-state index in [1.54, 1.807) is 0 Å². The van der Waals surface area contributed by atoms with E-state index < -0.39 is 0 Å². The molecule has 0 atom stereocenters. The number of aromatic nitrogens is 2. The Labute approximate surface area is 78.4 Å². The van der Waals surface area contributed by atoms with Gasteiger partial charge in [0.25, 0.3) is 0 Å². The van der Waals surface area contributed by atoms with Crippen LogP contribution >= 0.6 is 11.7 Å². The zero-order chi connectivity index (χ0) is 9.52. The normalized spacial score (nSPS) is 10.2. The minimum atomic E-state index is 0.302. The van der Waals surface area contributed by atoms with Crippen molar-refractivity contribution in [2.24, 2.45) is 10.9 Å². The van der Waals surface area contributed by atoms with Crippen molar-refractivity contribution in [1.82, 2.24) is 14.1 Å². The van der Waals surface area contributed by atoms with E-state index in [0.29, 0.717) is 24.5 Å². The lowest BCUT2D eigenvalue weighted by Gasteiger charge is -2.00. The summed E-state index contributed by atoms with van der Waals surface area (Å²) in [7, 11) is 0. The maximum Gasteiger partial charge on any atom is 0.173 e. The second kappa shape index (κ2) is 5.04. The average molecular weight is 200 g/mol. The molecule has 0 aliphatic heterocycles. The third kappa shape index (κ3) is 2.67. The molecule has 1 aromatic rings. The molecule has 8 heteroatoms. The molecule has 0 bridgehead atoms. The third-order valence-electron chi connectivity index (χ3n) is 1.15. The molecule has 1 aromatic heterocycles. The Balaban J connectivity index is 2.40. The maximum atomic E-state index is 10.4. The van der Waals surface area contributed by atoms with Crippen LogP contribution in [-0.4, -0.2) is 28.0 Å². The Bertz CT molecular complexity index is 297. The van der Waals surface area contributed by atoms with Gasteiger partial charge in [0.05, 0.1) is 18.4 Å². The van der Waals surface area contributed by atoms with E-state index in [9.17, 15) is 4.79 Å². The van der Waals surface area contributed by atoms with Crippen molar-refractivity contribution >= 4 is 30.2 Å². The molecule has 1 heterocycles. The summed E-state index contributed by atoms with van der Waals surface area (Å²) >= 11 is 0.975. The lowest BCUT2D eigenvalue weighted by atomic mass is 10.5. The van der Waals surface area contributed by atoms with Crippen molar-refractivity contribution in [3.8, 4) is 0 Å². The van der Waals surface area contributed by atoms with Crippen molar-refractivity contribution in [3.63, 3.8) is 0 Å². The molecule has 0 amide bonds. The van der Waals surface area contributed by atoms with Crippen LogP contribution in [0.1, 0.15) is 10.5 Å². The van der Waals surface area contributed by atoms with Gasteiger partial charge in [0.1, 0.15) is 6.34 Å². The summed E-state index contributed by atoms with van der Waals surface area (Å²) < 4.78 is 7.60. The van der Waals surface area contributed by atoms with Gasteiger partial charge in [-0.3, -0.25) is 4.79 Å². The Morgan fingerprint density at radius 3 is 3.15 bits per heavy atom. The highest BCUT2D eigenvalue weighted by Crippen LogP contribution is 2.07. The van der Waals surface area contributed by atoms with E-state index in [1.165, 1.54) is 6.34 Å². The van der Waals surface area contributed by atoms with Gasteiger partial charge in [-0.15, -0.1) is 0 Å². The molecule has 0 radical (unpaired) electrons. The van der Waals surface area contributed by atoms with Crippen molar-refractivity contribution in [2.45, 2.75) is 0 Å². The van der Waals surface area contributed by atoms with Gasteiger partial charge < -0.3 is 16.5 Å². The van der Waals surface area contributed by atoms with Gasteiger partial charge >= 0.3 is 0 Å². The Kier molecular flexibility index (Phi) is 3.64. The first kappa shape index (κ1) is 9.39. The second-order valence-corrected chi connectivity index (χ2v) is 2.48. The molecule has 7 nitrogen and oxygen atoms in total. The minimum Gasteiger partial charge on any atom is -0.357 e. The number of rotatable bonds is 5. The number of anilines is 1. The first-order valence-corrected chi connectivity index (χ1v) is 4.08. The molecule has 0 aliphatic rings. The molecule has 0 unspecified atom stereocenters. The minimum absolute atomic E-state index is 0.302. The first-order chi connectivity index (χ1) is 6.38. The predicted molar refractivity (Wildman–Crippen MR) is 49.6 cm³/mol. The number of carbonyl (C=O) groups excluding carboxylic acids is 1. The highest BCUT2D eigenvalue weighted by Gasteiger charge is 2.04. The highest BCUT2D eigenvalue weighted by atomic mass is 32.1. The van der Waals surface area contributed by atoms with Gasteiger partial charge in [0.2, 0.25) is 0 Å². The van der Waals surface area contributed by atoms with Crippen LogP contribution in [0.15, 0.2) is 5.10 Å². The zero-order valence-corrected chi connectivity index (χ0v) is 7.41. The standard InChI is InChI=1S/C5H8N6OS/c6-9-3-7-2-8-5-4(1-12)10-13-11-5/h1,3H,2,6H2,(H,7,9)(H,8,11). The van der Waals surface area contributed by atoms with E-state index in [4.69, 9.17) is 5.84 Å². The summed E-state index contributed by atoms with van der Waals surface area (Å²) in [5.74, 6) is 5.30. The summed E-state index contributed by atoms with van der Waals surface area (Å²) in [5, 5.41) is 8.76. The molecule has 13 heavy (non-hydrogen) atoms. The van der Waals surface area contributed by atoms with E-state index >= 15 is 0 Å². The van der Waals surface area contributed by atoms with Gasteiger partial charge in [0, 0.05) is 0 Å². The van der Waals surface area contributed by atoms with E-state index in [0.717, 1.165) is 11.7 Å². The number of aldehydes is 1. The molecule has 0 spiro atoms. The van der Waals surface area contributed by atoms with Gasteiger partial charge in [-0.05, 0) is 0 Å². The number of nitrogens with zero attached hydrogens (tertiary/aromatic N) is 3. The molecule has 0 saturated carbocycles. The molecule has 0 aliphatic carbocycles. The van der Waals surface area contributed by atoms with Crippen molar-refractivity contribution < 1.29 is 4.79 Å². The lowest BCUT2D eigenvalue weighted by molar-refractivity contribution is 0.112. The fourth-order valence-electron chi connectivity index (χ4n) is 0.628. The predicted octanol–water partition coefficient (Wildman–Crippen LogP) is -0.788. The van der Waals surface area contributed by atoms with Gasteiger partial charge in [-0.1, -0.05) is 0 Å². The second-order valence-electron chi connectivity index (χ2n) is 1.95. The van der Waals surface area contributed by atoms with E-state index in [1.807, 2.05) is 0 Å². The topological polar surface area (TPSA) is 105 Å². The number of carbonyl (C=O) groups is 1. The number of nitrogens with one attached hydrogen (secondary N) is 2. The van der Waals surface area contributed by atoms with Crippen LogP contribution in [0.5, 0.6) is 0 Å². The maximum absolute atomic E-state index is 10.4. The molecule has 70 valence electrons. The van der Waals surface area contributed by atoms with Crippen molar-refractivity contribution in [3.05, 3.63) is 5.69 Å². The SMILES string of the molecule is N/N=C\NCNc1nsnc1C=O. The van der Waals surface area contributed by atoms with Gasteiger partial charge in [0.15, 0.2) is 17.8 Å². The van der Waals surface area contributed by atoms with Gasteiger partial charge in [-0.2, -0.15) is 13.8 Å². The molecule has 0 fully saturated rings. The Morgan fingerprint density at radius 2 is 2.46 bits per heavy atom. The van der Waals surface area contributed by atoms with Crippen molar-refractivity contribution in [2.75, 3.05) is 12.0 Å². The molecule has 1 rings (SSSR count). The van der Waals surface area contributed by atoms with Crippen LogP contribution in [0.4, 0.5) is 5.82 Å². The number of hydrazone groups is 1. The first-order valence-electron chi connectivity index (χ1n) is 3.35. The monoisotopic (exact) mass is 200 g/mol. The molecular weight excluding hydrogens is 192 g/mol. The molecular formula is C5H8N6OS. The third-order valence-corrected chi connectivity index (χ3v) is 1.69. The molecule has 4 N–H and O–H groups in total. The smallest absolute Gasteiger partial charge is 0.173 e. The molecule has 0 aromatic carbocycles. The molecule has 0 saturated heterocycles. The van der Waals surface area contributed by atoms with Crippen LogP contribution in [0.2, 0.25) is 0 Å². The summed E-state index contributed by atoms with van der Waals surface area (Å²) in [4.78, 5) is 10.4. The van der Waals surface area contributed by atoms with E-state index in [2.05, 4.69) is 24.5 Å². The number of hydrogen-bond donors (Lipinski definition) is 3. The number of hydrogen-bond acceptors (Lipinski definition) is 7. The summed E-state index contributed by atoms with van der Waals surface area (Å²) in [6, 6.07) is 0. The van der Waals surface area contributed by atoms with Crippen LogP contribution in [0, 0.1) is 0 Å². The van der Waals surface area contributed by atoms with Crippen LogP contribution < -0.4 is 16.5 Å². The Hall–Kier alpha value is -1.70. The van der Waals surface area contributed by atoms with E-state index in [-0.39, 0.29) is 0 Å². The fourth-order valence-corrected chi connectivity index (χ4v) is 1.13. The van der Waals surface area contributed by atoms with Crippen LogP contribution in [0.25, 0.3) is 0 Å². The lowest BCUT2D eigenvalue weighted by Crippen LogP contribution is -2.21. The van der Waals surface area contributed by atoms with Gasteiger partial charge in [-0.25, -0.2) is 0 Å². The summed E-state index contributed by atoms with van der Waals surface area (Å²) in [6.07, 6.45) is 1.97. The fraction of sp³-hybridized carbons (Fsp3) is 0.200. The average Bonchev–Trinajstić information content (AvgIpc) is 2.60. The summed E-state index contributed by atoms with van der Waals surface area (Å²) in [5.41, 5.74) is 0.302. The Morgan fingerprint density at radius 1 is 1.62 bits per heavy atom. The number of nitrogens with two attached hydrogens (primary N) is 1. The van der Waals surface area contributed by atoms with Crippen LogP contribution in [0.3, 0.4) is 0 Å². The quantitative estimate of drug-likeness (QED) is 0.109. The van der Waals surface area contributed by atoms with Crippen molar-refractivity contribution in [1.29, 1.82) is 0 Å². The zero-order valence-electron chi connectivity index (χ0n) is 6.60. The largest absolute Gasteiger partial charge is 0.357 e. The van der Waals surface area contributed by atoms with Crippen LogP contribution in [-0.2, 0) is 0 Å². The summed E-state index contributed by atoms with van der Waals surface area (Å²) in [6.45, 7) is 0.382.